The van der Waals surface area contributed by atoms with Crippen molar-refractivity contribution in [3.63, 3.8) is 0 Å². The lowest BCUT2D eigenvalue weighted by Gasteiger charge is -2.36. The van der Waals surface area contributed by atoms with Crippen molar-refractivity contribution in [2.75, 3.05) is 5.32 Å². The second-order valence-electron chi connectivity index (χ2n) is 5.33. The molecule has 110 valence electrons. The SMILES string of the molecule is Cn1cc([N+](=O)[O-])c(NC2(CC(=O)O)CCCCC2)n1. The van der Waals surface area contributed by atoms with Crippen LogP contribution in [0.1, 0.15) is 38.5 Å². The quantitative estimate of drug-likeness (QED) is 0.630. The van der Waals surface area contributed by atoms with E-state index in [0.717, 1.165) is 19.3 Å². The normalized spacial score (nSPS) is 17.6. The third kappa shape index (κ3) is 3.06. The van der Waals surface area contributed by atoms with Gasteiger partial charge in [0.1, 0.15) is 6.20 Å². The minimum Gasteiger partial charge on any atom is -0.481 e. The molecule has 1 aromatic rings. The fourth-order valence-electron chi connectivity index (χ4n) is 2.81. The first-order chi connectivity index (χ1) is 9.42. The highest BCUT2D eigenvalue weighted by molar-refractivity contribution is 5.70. The predicted octanol–water partition coefficient (Wildman–Crippen LogP) is 1.92. The Morgan fingerprint density at radius 3 is 2.75 bits per heavy atom. The molecule has 0 unspecified atom stereocenters. The van der Waals surface area contributed by atoms with Crippen molar-refractivity contribution in [3.8, 4) is 0 Å². The van der Waals surface area contributed by atoms with Crippen LogP contribution >= 0.6 is 0 Å². The van der Waals surface area contributed by atoms with E-state index in [1.54, 1.807) is 7.05 Å². The highest BCUT2D eigenvalue weighted by Gasteiger charge is 2.37. The highest BCUT2D eigenvalue weighted by atomic mass is 16.6. The smallest absolute Gasteiger partial charge is 0.330 e. The van der Waals surface area contributed by atoms with Gasteiger partial charge < -0.3 is 10.4 Å². The maximum atomic E-state index is 11.1. The van der Waals surface area contributed by atoms with Crippen molar-refractivity contribution in [2.45, 2.75) is 44.1 Å². The Labute approximate surface area is 115 Å². The van der Waals surface area contributed by atoms with Crippen LogP contribution in [0, 0.1) is 10.1 Å². The van der Waals surface area contributed by atoms with Crippen LogP contribution in [0.2, 0.25) is 0 Å². The number of nitrogens with one attached hydrogen (secondary N) is 1. The molecule has 2 N–H and O–H groups in total. The Morgan fingerprint density at radius 2 is 2.20 bits per heavy atom. The summed E-state index contributed by atoms with van der Waals surface area (Å²) >= 11 is 0. The molecule has 8 heteroatoms. The van der Waals surface area contributed by atoms with Gasteiger partial charge in [-0.15, -0.1) is 5.10 Å². The molecule has 1 aliphatic rings. The molecule has 8 nitrogen and oxygen atoms in total. The molecule has 1 saturated carbocycles. The maximum absolute atomic E-state index is 11.1. The molecule has 0 spiro atoms. The molecular weight excluding hydrogens is 264 g/mol. The first-order valence-electron chi connectivity index (χ1n) is 6.60. The zero-order chi connectivity index (χ0) is 14.8. The van der Waals surface area contributed by atoms with Crippen molar-refractivity contribution >= 4 is 17.5 Å². The second kappa shape index (κ2) is 5.48. The van der Waals surface area contributed by atoms with Crippen LogP contribution in [0.4, 0.5) is 11.5 Å². The molecule has 0 aromatic carbocycles. The van der Waals surface area contributed by atoms with Crippen LogP contribution in [-0.2, 0) is 11.8 Å². The molecule has 0 saturated heterocycles. The number of carboxylic acid groups (broad SMARTS) is 1. The average molecular weight is 282 g/mol. The van der Waals surface area contributed by atoms with Gasteiger partial charge in [0.05, 0.1) is 11.3 Å². The summed E-state index contributed by atoms with van der Waals surface area (Å²) in [6, 6.07) is 0. The molecular formula is C12H18N4O4. The van der Waals surface area contributed by atoms with Crippen LogP contribution in [0.25, 0.3) is 0 Å². The number of aliphatic carboxylic acids is 1. The Hall–Kier alpha value is -2.12. The number of nitrogens with zero attached hydrogens (tertiary/aromatic N) is 3. The van der Waals surface area contributed by atoms with Gasteiger partial charge in [-0.3, -0.25) is 19.6 Å². The summed E-state index contributed by atoms with van der Waals surface area (Å²) in [5.74, 6) is -0.751. The third-order valence-corrected chi connectivity index (χ3v) is 3.69. The fraction of sp³-hybridized carbons (Fsp3) is 0.667. The minimum absolute atomic E-state index is 0.0548. The van der Waals surface area contributed by atoms with E-state index in [2.05, 4.69) is 10.4 Å². The van der Waals surface area contributed by atoms with Crippen molar-refractivity contribution < 1.29 is 14.8 Å². The van der Waals surface area contributed by atoms with Crippen LogP contribution < -0.4 is 5.32 Å². The summed E-state index contributed by atoms with van der Waals surface area (Å²) in [7, 11) is 1.60. The van der Waals surface area contributed by atoms with Gasteiger partial charge in [-0.05, 0) is 12.8 Å². The summed E-state index contributed by atoms with van der Waals surface area (Å²) in [4.78, 5) is 21.6. The standard InChI is InChI=1S/C12H18N4O4/c1-15-8-9(16(19)20)11(14-15)13-12(7-10(17)18)5-3-2-4-6-12/h8H,2-7H2,1H3,(H,13,14)(H,17,18). The van der Waals surface area contributed by atoms with Crippen molar-refractivity contribution in [1.29, 1.82) is 0 Å². The molecule has 1 aliphatic carbocycles. The Morgan fingerprint density at radius 1 is 1.55 bits per heavy atom. The van der Waals surface area contributed by atoms with Crippen molar-refractivity contribution in [3.05, 3.63) is 16.3 Å². The van der Waals surface area contributed by atoms with Crippen LogP contribution in [0.3, 0.4) is 0 Å². The predicted molar refractivity (Wildman–Crippen MR) is 71.6 cm³/mol. The van der Waals surface area contributed by atoms with Gasteiger partial charge in [-0.1, -0.05) is 19.3 Å². The summed E-state index contributed by atoms with van der Waals surface area (Å²) in [6.07, 6.45) is 5.54. The Balaban J connectivity index is 2.27. The first kappa shape index (κ1) is 14.3. The monoisotopic (exact) mass is 282 g/mol. The van der Waals surface area contributed by atoms with E-state index in [9.17, 15) is 14.9 Å². The van der Waals surface area contributed by atoms with Gasteiger partial charge >= 0.3 is 11.7 Å². The second-order valence-corrected chi connectivity index (χ2v) is 5.33. The number of rotatable bonds is 5. The van der Waals surface area contributed by atoms with Crippen molar-refractivity contribution in [2.24, 2.45) is 7.05 Å². The van der Waals surface area contributed by atoms with E-state index in [4.69, 9.17) is 5.11 Å². The summed E-state index contributed by atoms with van der Waals surface area (Å²) < 4.78 is 1.36. The van der Waals surface area contributed by atoms with E-state index < -0.39 is 16.4 Å². The maximum Gasteiger partial charge on any atom is 0.330 e. The van der Waals surface area contributed by atoms with Crippen LogP contribution in [0.15, 0.2) is 6.20 Å². The molecule has 0 aliphatic heterocycles. The van der Waals surface area contributed by atoms with E-state index in [-0.39, 0.29) is 17.9 Å². The number of hydrogen-bond donors (Lipinski definition) is 2. The summed E-state index contributed by atoms with van der Waals surface area (Å²) in [5.41, 5.74) is -0.758. The van der Waals surface area contributed by atoms with Gasteiger partial charge in [0.25, 0.3) is 0 Å². The molecule has 0 radical (unpaired) electrons. The number of nitro groups is 1. The number of aryl methyl sites for hydroxylation is 1. The van der Waals surface area contributed by atoms with Gasteiger partial charge in [0.15, 0.2) is 0 Å². The van der Waals surface area contributed by atoms with Crippen LogP contribution in [-0.4, -0.2) is 31.3 Å². The largest absolute Gasteiger partial charge is 0.481 e. The van der Waals surface area contributed by atoms with E-state index in [1.807, 2.05) is 0 Å². The van der Waals surface area contributed by atoms with Gasteiger partial charge in [0, 0.05) is 12.6 Å². The van der Waals surface area contributed by atoms with E-state index in [1.165, 1.54) is 10.9 Å². The summed E-state index contributed by atoms with van der Waals surface area (Å²) in [6.45, 7) is 0. The van der Waals surface area contributed by atoms with Gasteiger partial charge in [-0.2, -0.15) is 0 Å². The summed E-state index contributed by atoms with van der Waals surface area (Å²) in [5, 5.41) is 27.2. The molecule has 0 amide bonds. The molecule has 1 heterocycles. The number of anilines is 1. The first-order valence-corrected chi connectivity index (χ1v) is 6.60. The van der Waals surface area contributed by atoms with E-state index >= 15 is 0 Å². The molecule has 2 rings (SSSR count). The van der Waals surface area contributed by atoms with Crippen molar-refractivity contribution in [1.82, 2.24) is 9.78 Å². The number of carbonyl (C=O) groups is 1. The topological polar surface area (TPSA) is 110 Å². The number of hydrogen-bond acceptors (Lipinski definition) is 5. The minimum atomic E-state index is -0.905. The lowest BCUT2D eigenvalue weighted by molar-refractivity contribution is -0.384. The van der Waals surface area contributed by atoms with Crippen LogP contribution in [0.5, 0.6) is 0 Å². The lowest BCUT2D eigenvalue weighted by atomic mass is 9.79. The zero-order valence-electron chi connectivity index (χ0n) is 11.3. The zero-order valence-corrected chi connectivity index (χ0v) is 11.3. The molecule has 0 atom stereocenters. The fourth-order valence-corrected chi connectivity index (χ4v) is 2.81. The molecule has 1 aromatic heterocycles. The lowest BCUT2D eigenvalue weighted by Crippen LogP contribution is -2.42. The Bertz CT molecular complexity index is 520. The number of aromatic nitrogens is 2. The molecule has 1 fully saturated rings. The third-order valence-electron chi connectivity index (χ3n) is 3.69. The molecule has 20 heavy (non-hydrogen) atoms. The average Bonchev–Trinajstić information content (AvgIpc) is 2.70. The molecule has 0 bridgehead atoms. The highest BCUT2D eigenvalue weighted by Crippen LogP contribution is 2.36. The van der Waals surface area contributed by atoms with Gasteiger partial charge in [-0.25, -0.2) is 0 Å². The Kier molecular flexibility index (Phi) is 3.91. The van der Waals surface area contributed by atoms with Gasteiger partial charge in [0.2, 0.25) is 5.82 Å². The number of carboxylic acids is 1. The van der Waals surface area contributed by atoms with E-state index in [0.29, 0.717) is 12.8 Å².